The monoisotopic (exact) mass is 205 g/mol. The van der Waals surface area contributed by atoms with E-state index in [1.165, 1.54) is 36.9 Å². The van der Waals surface area contributed by atoms with Crippen molar-refractivity contribution in [3.05, 3.63) is 11.3 Å². The van der Waals surface area contributed by atoms with E-state index < -0.39 is 0 Å². The third-order valence-electron chi connectivity index (χ3n) is 3.60. The lowest BCUT2D eigenvalue weighted by Gasteiger charge is -2.24. The number of aromatic amines is 1. The van der Waals surface area contributed by atoms with Crippen LogP contribution in [-0.2, 0) is 6.42 Å². The summed E-state index contributed by atoms with van der Waals surface area (Å²) in [4.78, 5) is 0. The Balaban J connectivity index is 1.90. The number of hydrogen-bond donors (Lipinski definition) is 2. The lowest BCUT2D eigenvalue weighted by atomic mass is 9.81. The number of hydrogen-bond acceptors (Lipinski definition) is 2. The molecule has 0 aromatic carbocycles. The van der Waals surface area contributed by atoms with E-state index in [0.29, 0.717) is 12.0 Å². The summed E-state index contributed by atoms with van der Waals surface area (Å²) in [6.45, 7) is 4.65. The SMILES string of the molecule is CC1Cc2[nH]nc(NC3CC3)c2C(C)C1. The van der Waals surface area contributed by atoms with Crippen LogP contribution >= 0.6 is 0 Å². The highest BCUT2D eigenvalue weighted by Crippen LogP contribution is 2.38. The number of H-pyrrole nitrogens is 1. The molecule has 3 nitrogen and oxygen atoms in total. The number of rotatable bonds is 2. The average molecular weight is 205 g/mol. The number of fused-ring (bicyclic) bond motifs is 1. The molecule has 15 heavy (non-hydrogen) atoms. The van der Waals surface area contributed by atoms with Crippen molar-refractivity contribution in [2.75, 3.05) is 5.32 Å². The molecule has 82 valence electrons. The van der Waals surface area contributed by atoms with Gasteiger partial charge in [-0.05, 0) is 37.5 Å². The van der Waals surface area contributed by atoms with Gasteiger partial charge in [0, 0.05) is 17.3 Å². The van der Waals surface area contributed by atoms with Gasteiger partial charge in [0.25, 0.3) is 0 Å². The van der Waals surface area contributed by atoms with Crippen LogP contribution in [-0.4, -0.2) is 16.2 Å². The number of anilines is 1. The highest BCUT2D eigenvalue weighted by atomic mass is 15.2. The van der Waals surface area contributed by atoms with Gasteiger partial charge in [0.05, 0.1) is 0 Å². The lowest BCUT2D eigenvalue weighted by Crippen LogP contribution is -2.15. The Morgan fingerprint density at radius 3 is 2.87 bits per heavy atom. The molecule has 0 aliphatic heterocycles. The van der Waals surface area contributed by atoms with Crippen molar-refractivity contribution in [3.63, 3.8) is 0 Å². The van der Waals surface area contributed by atoms with Crippen LogP contribution < -0.4 is 5.32 Å². The zero-order valence-electron chi connectivity index (χ0n) is 9.51. The molecule has 0 saturated heterocycles. The van der Waals surface area contributed by atoms with E-state index in [1.54, 1.807) is 0 Å². The fourth-order valence-electron chi connectivity index (χ4n) is 2.76. The second-order valence-electron chi connectivity index (χ2n) is 5.33. The summed E-state index contributed by atoms with van der Waals surface area (Å²) >= 11 is 0. The van der Waals surface area contributed by atoms with Gasteiger partial charge in [0.15, 0.2) is 5.82 Å². The Morgan fingerprint density at radius 1 is 1.33 bits per heavy atom. The van der Waals surface area contributed by atoms with Gasteiger partial charge in [-0.3, -0.25) is 5.10 Å². The van der Waals surface area contributed by atoms with E-state index >= 15 is 0 Å². The van der Waals surface area contributed by atoms with Crippen molar-refractivity contribution >= 4 is 5.82 Å². The van der Waals surface area contributed by atoms with Crippen LogP contribution in [0.5, 0.6) is 0 Å². The van der Waals surface area contributed by atoms with Crippen molar-refractivity contribution < 1.29 is 0 Å². The predicted molar refractivity (Wildman–Crippen MR) is 61.1 cm³/mol. The molecular weight excluding hydrogens is 186 g/mol. The van der Waals surface area contributed by atoms with Gasteiger partial charge in [-0.1, -0.05) is 13.8 Å². The fraction of sp³-hybridized carbons (Fsp3) is 0.750. The van der Waals surface area contributed by atoms with Gasteiger partial charge in [0.2, 0.25) is 0 Å². The van der Waals surface area contributed by atoms with E-state index in [4.69, 9.17) is 0 Å². The molecule has 1 saturated carbocycles. The minimum Gasteiger partial charge on any atom is -0.366 e. The molecule has 2 unspecified atom stereocenters. The first-order valence-corrected chi connectivity index (χ1v) is 6.07. The van der Waals surface area contributed by atoms with Crippen molar-refractivity contribution in [1.82, 2.24) is 10.2 Å². The summed E-state index contributed by atoms with van der Waals surface area (Å²) < 4.78 is 0. The first-order chi connectivity index (χ1) is 7.24. The first-order valence-electron chi connectivity index (χ1n) is 6.07. The Bertz CT molecular complexity index is 365. The van der Waals surface area contributed by atoms with Gasteiger partial charge in [-0.2, -0.15) is 5.10 Å². The maximum absolute atomic E-state index is 4.43. The van der Waals surface area contributed by atoms with Gasteiger partial charge < -0.3 is 5.32 Å². The van der Waals surface area contributed by atoms with Gasteiger partial charge >= 0.3 is 0 Å². The molecule has 1 aromatic rings. The molecule has 3 heteroatoms. The van der Waals surface area contributed by atoms with E-state index in [-0.39, 0.29) is 0 Å². The fourth-order valence-corrected chi connectivity index (χ4v) is 2.76. The van der Waals surface area contributed by atoms with Crippen molar-refractivity contribution in [2.24, 2.45) is 5.92 Å². The topological polar surface area (TPSA) is 40.7 Å². The summed E-state index contributed by atoms with van der Waals surface area (Å²) in [6.07, 6.45) is 5.09. The molecule has 0 spiro atoms. The molecule has 0 bridgehead atoms. The average Bonchev–Trinajstić information content (AvgIpc) is 2.87. The van der Waals surface area contributed by atoms with Crippen molar-refractivity contribution in [1.29, 1.82) is 0 Å². The minimum atomic E-state index is 0.656. The Kier molecular flexibility index (Phi) is 2.01. The molecule has 1 heterocycles. The highest BCUT2D eigenvalue weighted by Gasteiger charge is 2.29. The normalized spacial score (nSPS) is 30.0. The van der Waals surface area contributed by atoms with Crippen LogP contribution in [0.25, 0.3) is 0 Å². The predicted octanol–water partition coefficient (Wildman–Crippen LogP) is 2.67. The summed E-state index contributed by atoms with van der Waals surface area (Å²) in [6, 6.07) is 0.698. The van der Waals surface area contributed by atoms with Crippen LogP contribution in [0.2, 0.25) is 0 Å². The molecular formula is C12H19N3. The summed E-state index contributed by atoms with van der Waals surface area (Å²) in [5.74, 6) is 2.58. The Hall–Kier alpha value is -0.990. The van der Waals surface area contributed by atoms with Crippen LogP contribution in [0.3, 0.4) is 0 Å². The molecule has 0 amide bonds. The standard InChI is InChI=1S/C12H19N3/c1-7-5-8(2)11-10(6-7)14-15-12(11)13-9-3-4-9/h7-9H,3-6H2,1-2H3,(H2,13,14,15). The van der Waals surface area contributed by atoms with Gasteiger partial charge in [0.1, 0.15) is 0 Å². The van der Waals surface area contributed by atoms with Crippen LogP contribution in [0.4, 0.5) is 5.82 Å². The van der Waals surface area contributed by atoms with E-state index in [9.17, 15) is 0 Å². The van der Waals surface area contributed by atoms with E-state index in [1.807, 2.05) is 0 Å². The molecule has 2 N–H and O–H groups in total. The molecule has 2 aliphatic carbocycles. The minimum absolute atomic E-state index is 0.656. The molecule has 0 radical (unpaired) electrons. The smallest absolute Gasteiger partial charge is 0.151 e. The summed E-state index contributed by atoms with van der Waals surface area (Å²) in [7, 11) is 0. The molecule has 1 fully saturated rings. The van der Waals surface area contributed by atoms with E-state index in [0.717, 1.165) is 11.7 Å². The van der Waals surface area contributed by atoms with Crippen LogP contribution in [0.1, 0.15) is 50.3 Å². The molecule has 2 aliphatic rings. The van der Waals surface area contributed by atoms with Crippen LogP contribution in [0, 0.1) is 5.92 Å². The van der Waals surface area contributed by atoms with Crippen molar-refractivity contribution in [2.45, 2.75) is 51.5 Å². The largest absolute Gasteiger partial charge is 0.366 e. The zero-order chi connectivity index (χ0) is 10.4. The Labute approximate surface area is 90.7 Å². The first kappa shape index (κ1) is 9.25. The third-order valence-corrected chi connectivity index (χ3v) is 3.60. The number of aromatic nitrogens is 2. The number of nitrogens with one attached hydrogen (secondary N) is 2. The number of nitrogens with zero attached hydrogens (tertiary/aromatic N) is 1. The molecule has 1 aromatic heterocycles. The van der Waals surface area contributed by atoms with Crippen LogP contribution in [0.15, 0.2) is 0 Å². The maximum atomic E-state index is 4.43. The third kappa shape index (κ3) is 1.64. The maximum Gasteiger partial charge on any atom is 0.151 e. The molecule has 2 atom stereocenters. The highest BCUT2D eigenvalue weighted by molar-refractivity contribution is 5.51. The quantitative estimate of drug-likeness (QED) is 0.779. The van der Waals surface area contributed by atoms with Gasteiger partial charge in [-0.15, -0.1) is 0 Å². The zero-order valence-corrected chi connectivity index (χ0v) is 9.51. The lowest BCUT2D eigenvalue weighted by molar-refractivity contribution is 0.446. The summed E-state index contributed by atoms with van der Waals surface area (Å²) in [5, 5.41) is 11.2. The molecule has 3 rings (SSSR count). The van der Waals surface area contributed by atoms with Crippen molar-refractivity contribution in [3.8, 4) is 0 Å². The van der Waals surface area contributed by atoms with Gasteiger partial charge in [-0.25, -0.2) is 0 Å². The van der Waals surface area contributed by atoms with E-state index in [2.05, 4.69) is 29.4 Å². The second-order valence-corrected chi connectivity index (χ2v) is 5.33. The summed E-state index contributed by atoms with van der Waals surface area (Å²) in [5.41, 5.74) is 2.82. The Morgan fingerprint density at radius 2 is 2.13 bits per heavy atom. The second kappa shape index (κ2) is 3.26.